The fourth-order valence-corrected chi connectivity index (χ4v) is 7.53. The zero-order valence-electron chi connectivity index (χ0n) is 25.3. The zero-order chi connectivity index (χ0) is 31.7. The fraction of sp³-hybridized carbons (Fsp3) is 0.375. The van der Waals surface area contributed by atoms with Crippen LogP contribution < -0.4 is 27.0 Å². The minimum Gasteiger partial charge on any atom is -0.453 e. The van der Waals surface area contributed by atoms with Gasteiger partial charge in [0.1, 0.15) is 6.04 Å². The average Bonchev–Trinajstić information content (AvgIpc) is 3.47. The van der Waals surface area contributed by atoms with Gasteiger partial charge in [-0.15, -0.1) is 0 Å². The maximum atomic E-state index is 13.7. The smallest absolute Gasteiger partial charge is 0.407 e. The number of hydrogen-bond donors (Lipinski definition) is 5. The molecule has 0 aromatic heterocycles. The Morgan fingerprint density at radius 2 is 1.52 bits per heavy atom. The molecule has 0 spiro atoms. The van der Waals surface area contributed by atoms with E-state index in [0.717, 1.165) is 11.1 Å². The molecule has 3 aromatic rings. The van der Waals surface area contributed by atoms with Gasteiger partial charge in [0.15, 0.2) is 0 Å². The molecule has 0 radical (unpaired) electrons. The van der Waals surface area contributed by atoms with E-state index in [4.69, 9.17) is 10.5 Å². The quantitative estimate of drug-likeness (QED) is 0.144. The maximum absolute atomic E-state index is 13.7. The summed E-state index contributed by atoms with van der Waals surface area (Å²) in [6, 6.07) is 23.5. The molecule has 2 amide bonds. The van der Waals surface area contributed by atoms with Crippen molar-refractivity contribution >= 4 is 27.7 Å². The summed E-state index contributed by atoms with van der Waals surface area (Å²) in [5.74, 6) is -0.836. The SMILES string of the molecule is COC(=O)N[C@H](C(=O)NCCN[C@@H]1CNC[C@H]1N(C(C)C)S(=O)(=O)c1ccc(N)cc1)C(c1ccccc1)c1ccccc1. The third-order valence-corrected chi connectivity index (χ3v) is 9.81. The summed E-state index contributed by atoms with van der Waals surface area (Å²) in [6.45, 7) is 5.40. The lowest BCUT2D eigenvalue weighted by Crippen LogP contribution is -2.55. The third kappa shape index (κ3) is 7.94. The number of sulfonamides is 1. The number of anilines is 1. The van der Waals surface area contributed by atoms with Gasteiger partial charge in [-0.2, -0.15) is 4.31 Å². The number of nitrogens with two attached hydrogens (primary N) is 1. The summed E-state index contributed by atoms with van der Waals surface area (Å²) in [4.78, 5) is 26.2. The second-order valence-corrected chi connectivity index (χ2v) is 12.8. The average molecular weight is 623 g/mol. The molecule has 4 rings (SSSR count). The highest BCUT2D eigenvalue weighted by atomic mass is 32.2. The fourth-order valence-electron chi connectivity index (χ4n) is 5.68. The van der Waals surface area contributed by atoms with E-state index in [1.807, 2.05) is 74.5 Å². The van der Waals surface area contributed by atoms with E-state index in [1.54, 1.807) is 12.1 Å². The zero-order valence-corrected chi connectivity index (χ0v) is 26.1. The molecule has 236 valence electrons. The highest BCUT2D eigenvalue weighted by Crippen LogP contribution is 2.29. The Labute approximate surface area is 259 Å². The molecule has 1 fully saturated rings. The van der Waals surface area contributed by atoms with Crippen LogP contribution in [0.5, 0.6) is 0 Å². The second-order valence-electron chi connectivity index (χ2n) is 11.0. The molecule has 0 bridgehead atoms. The first-order chi connectivity index (χ1) is 21.1. The molecule has 1 aliphatic rings. The predicted molar refractivity (Wildman–Crippen MR) is 171 cm³/mol. The Bertz CT molecular complexity index is 1430. The van der Waals surface area contributed by atoms with Gasteiger partial charge in [-0.25, -0.2) is 13.2 Å². The van der Waals surface area contributed by atoms with Gasteiger partial charge in [0.25, 0.3) is 0 Å². The van der Waals surface area contributed by atoms with Crippen LogP contribution in [0, 0.1) is 0 Å². The number of amides is 2. The Balaban J connectivity index is 1.45. The van der Waals surface area contributed by atoms with Crippen molar-refractivity contribution in [1.82, 2.24) is 25.6 Å². The molecule has 44 heavy (non-hydrogen) atoms. The standard InChI is InChI=1S/C32H42N6O5S/c1-22(2)38(44(41,42)26-16-14-25(33)15-17-26)28-21-34-20-27(28)35-18-19-36-31(39)30(37-32(40)43-3)29(23-10-6-4-7-11-23)24-12-8-5-9-13-24/h4-17,22,27-30,34-35H,18-21,33H2,1-3H3,(H,36,39)(H,37,40)/t27-,28-,30+/m1/s1. The number of methoxy groups -OCH3 is 1. The monoisotopic (exact) mass is 622 g/mol. The van der Waals surface area contributed by atoms with Crippen LogP contribution in [0.15, 0.2) is 89.8 Å². The highest BCUT2D eigenvalue weighted by Gasteiger charge is 2.40. The molecule has 3 aromatic carbocycles. The number of nitrogens with one attached hydrogen (secondary N) is 4. The van der Waals surface area contributed by atoms with Crippen molar-refractivity contribution in [3.05, 3.63) is 96.1 Å². The van der Waals surface area contributed by atoms with Crippen LogP contribution in [-0.2, 0) is 19.6 Å². The van der Waals surface area contributed by atoms with Crippen LogP contribution in [0.3, 0.4) is 0 Å². The Morgan fingerprint density at radius 1 is 0.932 bits per heavy atom. The molecule has 1 heterocycles. The van der Waals surface area contributed by atoms with Crippen LogP contribution in [0.4, 0.5) is 10.5 Å². The van der Waals surface area contributed by atoms with Crippen molar-refractivity contribution in [2.24, 2.45) is 0 Å². The van der Waals surface area contributed by atoms with E-state index >= 15 is 0 Å². The first-order valence-electron chi connectivity index (χ1n) is 14.7. The van der Waals surface area contributed by atoms with Gasteiger partial charge in [0.2, 0.25) is 15.9 Å². The van der Waals surface area contributed by atoms with Crippen molar-refractivity contribution in [3.63, 3.8) is 0 Å². The number of nitrogen functional groups attached to an aromatic ring is 1. The lowest BCUT2D eigenvalue weighted by molar-refractivity contribution is -0.123. The van der Waals surface area contributed by atoms with Crippen LogP contribution in [0.1, 0.15) is 30.9 Å². The molecule has 12 heteroatoms. The number of alkyl carbamates (subject to hydrolysis) is 1. The van der Waals surface area contributed by atoms with Crippen LogP contribution in [0.25, 0.3) is 0 Å². The van der Waals surface area contributed by atoms with Crippen molar-refractivity contribution in [1.29, 1.82) is 0 Å². The molecule has 6 N–H and O–H groups in total. The summed E-state index contributed by atoms with van der Waals surface area (Å²) >= 11 is 0. The topological polar surface area (TPSA) is 155 Å². The van der Waals surface area contributed by atoms with E-state index in [2.05, 4.69) is 21.3 Å². The van der Waals surface area contributed by atoms with Gasteiger partial charge in [-0.05, 0) is 49.2 Å². The number of carbonyl (C=O) groups excluding carboxylic acids is 2. The van der Waals surface area contributed by atoms with Gasteiger partial charge in [0, 0.05) is 49.9 Å². The highest BCUT2D eigenvalue weighted by molar-refractivity contribution is 7.89. The number of nitrogens with zero attached hydrogens (tertiary/aromatic N) is 1. The normalized spacial score (nSPS) is 17.5. The van der Waals surface area contributed by atoms with Gasteiger partial charge in [0.05, 0.1) is 18.0 Å². The third-order valence-electron chi connectivity index (χ3n) is 7.70. The lowest BCUT2D eigenvalue weighted by atomic mass is 9.84. The van der Waals surface area contributed by atoms with Crippen LogP contribution in [0.2, 0.25) is 0 Å². The first kappa shape index (κ1) is 32.9. The molecule has 1 aliphatic heterocycles. The Kier molecular flexibility index (Phi) is 11.3. The van der Waals surface area contributed by atoms with E-state index in [-0.39, 0.29) is 35.5 Å². The van der Waals surface area contributed by atoms with E-state index in [9.17, 15) is 18.0 Å². The first-order valence-corrected chi connectivity index (χ1v) is 16.1. The van der Waals surface area contributed by atoms with Crippen molar-refractivity contribution < 1.29 is 22.7 Å². The molecule has 0 aliphatic carbocycles. The van der Waals surface area contributed by atoms with Gasteiger partial charge in [-0.1, -0.05) is 60.7 Å². The van der Waals surface area contributed by atoms with Gasteiger partial charge >= 0.3 is 6.09 Å². The molecule has 3 atom stereocenters. The summed E-state index contributed by atoms with van der Waals surface area (Å²) < 4.78 is 33.7. The van der Waals surface area contributed by atoms with E-state index in [0.29, 0.717) is 25.3 Å². The second kappa shape index (κ2) is 15.2. The molecule has 0 unspecified atom stereocenters. The summed E-state index contributed by atoms with van der Waals surface area (Å²) in [5.41, 5.74) is 8.00. The number of benzene rings is 3. The number of ether oxygens (including phenoxy) is 1. The number of rotatable bonds is 13. The molecular weight excluding hydrogens is 580 g/mol. The number of carbonyl (C=O) groups is 2. The van der Waals surface area contributed by atoms with Crippen molar-refractivity contribution in [2.75, 3.05) is 39.0 Å². The van der Waals surface area contributed by atoms with Gasteiger partial charge < -0.3 is 31.7 Å². The minimum atomic E-state index is -3.79. The summed E-state index contributed by atoms with van der Waals surface area (Å²) in [7, 11) is -2.53. The number of hydrogen-bond acceptors (Lipinski definition) is 8. The molecule has 11 nitrogen and oxygen atoms in total. The Hall–Kier alpha value is -3.97. The summed E-state index contributed by atoms with van der Waals surface area (Å²) in [6.07, 6.45) is -0.712. The maximum Gasteiger partial charge on any atom is 0.407 e. The van der Waals surface area contributed by atoms with Crippen molar-refractivity contribution in [3.8, 4) is 0 Å². The van der Waals surface area contributed by atoms with Crippen LogP contribution in [-0.4, -0.2) is 82.2 Å². The Morgan fingerprint density at radius 3 is 2.07 bits per heavy atom. The van der Waals surface area contributed by atoms with Crippen LogP contribution >= 0.6 is 0 Å². The molecule has 0 saturated carbocycles. The minimum absolute atomic E-state index is 0.189. The molecular formula is C32H42N6O5S. The predicted octanol–water partition coefficient (Wildman–Crippen LogP) is 2.27. The van der Waals surface area contributed by atoms with Crippen molar-refractivity contribution in [2.45, 2.75) is 48.8 Å². The molecule has 1 saturated heterocycles. The van der Waals surface area contributed by atoms with E-state index in [1.165, 1.54) is 23.5 Å². The van der Waals surface area contributed by atoms with Gasteiger partial charge in [-0.3, -0.25) is 4.79 Å². The largest absolute Gasteiger partial charge is 0.453 e. The lowest BCUT2D eigenvalue weighted by Gasteiger charge is -2.35. The summed E-state index contributed by atoms with van der Waals surface area (Å²) in [5, 5.41) is 12.4. The van der Waals surface area contributed by atoms with E-state index < -0.39 is 28.1 Å².